The van der Waals surface area contributed by atoms with Crippen LogP contribution in [-0.4, -0.2) is 12.1 Å². The number of halogens is 1. The number of benzene rings is 3. The van der Waals surface area contributed by atoms with Crippen molar-refractivity contribution >= 4 is 39.1 Å². The normalized spacial score (nSPS) is 10.0. The van der Waals surface area contributed by atoms with Gasteiger partial charge in [0.1, 0.15) is 17.2 Å². The highest BCUT2D eigenvalue weighted by Crippen LogP contribution is 2.30. The first-order valence-electron chi connectivity index (χ1n) is 8.50. The van der Waals surface area contributed by atoms with E-state index >= 15 is 0 Å². The lowest BCUT2D eigenvalue weighted by molar-refractivity contribution is 0.415. The second-order valence-electron chi connectivity index (χ2n) is 5.83. The van der Waals surface area contributed by atoms with Crippen LogP contribution in [0.1, 0.15) is 0 Å². The molecule has 0 radical (unpaired) electrons. The summed E-state index contributed by atoms with van der Waals surface area (Å²) < 4.78 is 11.1. The first-order valence-corrected chi connectivity index (χ1v) is 9.38. The van der Waals surface area contributed by atoms with Crippen LogP contribution < -0.4 is 14.8 Å². The Hall–Kier alpha value is -2.83. The van der Waals surface area contributed by atoms with Gasteiger partial charge in [0.05, 0.1) is 12.8 Å². The van der Waals surface area contributed by atoms with Crippen LogP contribution in [0.15, 0.2) is 84.2 Å². The molecule has 0 amide bonds. The zero-order valence-electron chi connectivity index (χ0n) is 15.2. The number of thiazole rings is 1. The third-order valence-corrected chi connectivity index (χ3v) is 4.71. The van der Waals surface area contributed by atoms with E-state index in [4.69, 9.17) is 9.47 Å². The molecule has 0 unspecified atom stereocenters. The summed E-state index contributed by atoms with van der Waals surface area (Å²) in [5.74, 6) is 2.44. The van der Waals surface area contributed by atoms with E-state index in [0.29, 0.717) is 0 Å². The predicted octanol–water partition coefficient (Wildman–Crippen LogP) is 6.93. The first kappa shape index (κ1) is 19.9. The zero-order valence-corrected chi connectivity index (χ0v) is 17.7. The maximum Gasteiger partial charge on any atom is 0.187 e. The topological polar surface area (TPSA) is 43.4 Å². The molecule has 142 valence electrons. The van der Waals surface area contributed by atoms with Gasteiger partial charge < -0.3 is 14.8 Å². The van der Waals surface area contributed by atoms with E-state index < -0.39 is 0 Å². The molecule has 0 aliphatic carbocycles. The van der Waals surface area contributed by atoms with Gasteiger partial charge in [0.2, 0.25) is 0 Å². The summed E-state index contributed by atoms with van der Waals surface area (Å²) in [4.78, 5) is 4.66. The van der Waals surface area contributed by atoms with Gasteiger partial charge in [0.15, 0.2) is 5.13 Å². The van der Waals surface area contributed by atoms with E-state index in [0.717, 1.165) is 39.3 Å². The van der Waals surface area contributed by atoms with E-state index in [-0.39, 0.29) is 17.0 Å². The maximum atomic E-state index is 5.81. The van der Waals surface area contributed by atoms with Crippen LogP contribution in [0.3, 0.4) is 0 Å². The van der Waals surface area contributed by atoms with Crippen molar-refractivity contribution < 1.29 is 9.47 Å². The molecule has 0 saturated carbocycles. The smallest absolute Gasteiger partial charge is 0.187 e. The zero-order chi connectivity index (χ0) is 18.5. The van der Waals surface area contributed by atoms with Crippen LogP contribution in [0.2, 0.25) is 0 Å². The Balaban J connectivity index is 0.00000225. The van der Waals surface area contributed by atoms with Crippen molar-refractivity contribution in [3.63, 3.8) is 0 Å². The standard InChI is InChI=1S/C22H18N2O2S.BrH/c1-25-20-9-5-6-16(14-20)21-15-27-22(24-21)23-17-10-12-19(13-11-17)26-18-7-3-2-4-8-18;/h2-15H,1H3,(H,23,24);1H. The van der Waals surface area contributed by atoms with Gasteiger partial charge in [-0.1, -0.05) is 30.3 Å². The van der Waals surface area contributed by atoms with Crippen LogP contribution in [0.5, 0.6) is 17.2 Å². The molecule has 3 aromatic carbocycles. The van der Waals surface area contributed by atoms with Crippen molar-refractivity contribution in [2.24, 2.45) is 0 Å². The van der Waals surface area contributed by atoms with E-state index in [9.17, 15) is 0 Å². The summed E-state index contributed by atoms with van der Waals surface area (Å²) in [6.07, 6.45) is 0. The second kappa shape index (κ2) is 9.39. The molecule has 1 aromatic heterocycles. The first-order chi connectivity index (χ1) is 13.3. The molecule has 1 heterocycles. The molecular formula is C22H19BrN2O2S. The summed E-state index contributed by atoms with van der Waals surface area (Å²) in [5.41, 5.74) is 2.91. The van der Waals surface area contributed by atoms with Crippen molar-refractivity contribution in [3.8, 4) is 28.5 Å². The quantitative estimate of drug-likeness (QED) is 0.342. The number of rotatable bonds is 6. The molecule has 0 atom stereocenters. The average Bonchev–Trinajstić information content (AvgIpc) is 3.19. The Morgan fingerprint density at radius 3 is 2.29 bits per heavy atom. The Morgan fingerprint density at radius 1 is 0.821 bits per heavy atom. The highest BCUT2D eigenvalue weighted by atomic mass is 79.9. The number of hydrogen-bond acceptors (Lipinski definition) is 5. The van der Waals surface area contributed by atoms with Crippen molar-refractivity contribution in [2.45, 2.75) is 0 Å². The van der Waals surface area contributed by atoms with Gasteiger partial charge in [-0.15, -0.1) is 28.3 Å². The molecule has 28 heavy (non-hydrogen) atoms. The van der Waals surface area contributed by atoms with Crippen LogP contribution in [0.4, 0.5) is 10.8 Å². The molecule has 0 spiro atoms. The number of para-hydroxylation sites is 1. The molecule has 1 N–H and O–H groups in total. The fourth-order valence-electron chi connectivity index (χ4n) is 2.60. The van der Waals surface area contributed by atoms with Gasteiger partial charge in [-0.3, -0.25) is 0 Å². The molecule has 0 bridgehead atoms. The number of nitrogens with zero attached hydrogens (tertiary/aromatic N) is 1. The molecule has 0 fully saturated rings. The summed E-state index contributed by atoms with van der Waals surface area (Å²) in [6.45, 7) is 0. The monoisotopic (exact) mass is 454 g/mol. The molecule has 6 heteroatoms. The minimum Gasteiger partial charge on any atom is -0.497 e. The summed E-state index contributed by atoms with van der Waals surface area (Å²) >= 11 is 1.57. The third-order valence-electron chi connectivity index (χ3n) is 3.95. The highest BCUT2D eigenvalue weighted by molar-refractivity contribution is 8.93. The predicted molar refractivity (Wildman–Crippen MR) is 121 cm³/mol. The maximum absolute atomic E-state index is 5.81. The summed E-state index contributed by atoms with van der Waals surface area (Å²) in [5, 5.41) is 6.20. The Kier molecular flexibility index (Phi) is 6.68. The lowest BCUT2D eigenvalue weighted by atomic mass is 10.2. The van der Waals surface area contributed by atoms with Gasteiger partial charge in [-0.05, 0) is 48.5 Å². The summed E-state index contributed by atoms with van der Waals surface area (Å²) in [6, 6.07) is 25.5. The van der Waals surface area contributed by atoms with Gasteiger partial charge >= 0.3 is 0 Å². The fraction of sp³-hybridized carbons (Fsp3) is 0.0455. The van der Waals surface area contributed by atoms with E-state index in [2.05, 4.69) is 10.3 Å². The van der Waals surface area contributed by atoms with Crippen LogP contribution in [0, 0.1) is 0 Å². The fourth-order valence-corrected chi connectivity index (χ4v) is 3.34. The lowest BCUT2D eigenvalue weighted by Crippen LogP contribution is -1.90. The number of anilines is 2. The average molecular weight is 455 g/mol. The number of hydrogen-bond donors (Lipinski definition) is 1. The van der Waals surface area contributed by atoms with Crippen molar-refractivity contribution in [1.82, 2.24) is 4.98 Å². The highest BCUT2D eigenvalue weighted by Gasteiger charge is 2.06. The minimum absolute atomic E-state index is 0. The van der Waals surface area contributed by atoms with E-state index in [1.54, 1.807) is 18.4 Å². The SMILES string of the molecule is Br.COc1cccc(-c2csc(Nc3ccc(Oc4ccccc4)cc3)n2)c1. The van der Waals surface area contributed by atoms with Gasteiger partial charge in [0, 0.05) is 16.6 Å². The Morgan fingerprint density at radius 2 is 1.54 bits per heavy atom. The van der Waals surface area contributed by atoms with Crippen LogP contribution in [0.25, 0.3) is 11.3 Å². The molecule has 0 saturated heterocycles. The van der Waals surface area contributed by atoms with Gasteiger partial charge in [0.25, 0.3) is 0 Å². The molecular weight excluding hydrogens is 436 g/mol. The molecule has 0 aliphatic rings. The summed E-state index contributed by atoms with van der Waals surface area (Å²) in [7, 11) is 1.66. The molecule has 4 aromatic rings. The van der Waals surface area contributed by atoms with Crippen molar-refractivity contribution in [1.29, 1.82) is 0 Å². The Labute approximate surface area is 178 Å². The van der Waals surface area contributed by atoms with Crippen LogP contribution >= 0.6 is 28.3 Å². The largest absolute Gasteiger partial charge is 0.497 e. The van der Waals surface area contributed by atoms with E-state index in [1.807, 2.05) is 84.2 Å². The number of ether oxygens (including phenoxy) is 2. The lowest BCUT2D eigenvalue weighted by Gasteiger charge is -2.07. The van der Waals surface area contributed by atoms with E-state index in [1.165, 1.54) is 0 Å². The Bertz CT molecular complexity index is 1020. The van der Waals surface area contributed by atoms with Crippen LogP contribution in [-0.2, 0) is 0 Å². The number of aromatic nitrogens is 1. The molecule has 4 rings (SSSR count). The number of methoxy groups -OCH3 is 1. The second-order valence-corrected chi connectivity index (χ2v) is 6.69. The minimum atomic E-state index is 0. The number of nitrogens with one attached hydrogen (secondary N) is 1. The van der Waals surface area contributed by atoms with Gasteiger partial charge in [-0.25, -0.2) is 4.98 Å². The van der Waals surface area contributed by atoms with Gasteiger partial charge in [-0.2, -0.15) is 0 Å². The molecule has 4 nitrogen and oxygen atoms in total. The third kappa shape index (κ3) is 4.91. The molecule has 0 aliphatic heterocycles. The van der Waals surface area contributed by atoms with Crippen molar-refractivity contribution in [2.75, 3.05) is 12.4 Å². The van der Waals surface area contributed by atoms with Crippen molar-refractivity contribution in [3.05, 3.63) is 84.2 Å².